The van der Waals surface area contributed by atoms with E-state index in [0.29, 0.717) is 27.9 Å². The van der Waals surface area contributed by atoms with Crippen molar-refractivity contribution in [1.29, 1.82) is 0 Å². The molecular formula is C22H21N3O4. The molecule has 1 N–H and O–H groups in total. The Morgan fingerprint density at radius 1 is 1.14 bits per heavy atom. The van der Waals surface area contributed by atoms with Gasteiger partial charge in [0.2, 0.25) is 0 Å². The number of phenolic OH excluding ortho intramolecular Hbond substituents is 1. The second-order valence-corrected chi connectivity index (χ2v) is 7.65. The maximum absolute atomic E-state index is 13.1. The van der Waals surface area contributed by atoms with Gasteiger partial charge in [-0.1, -0.05) is 0 Å². The maximum Gasteiger partial charge on any atom is 0.419 e. The fourth-order valence-corrected chi connectivity index (χ4v) is 3.37. The Hall–Kier alpha value is -3.61. The standard InChI is InChI=1S/C22H21N3O4/c1-22(2,3)29-21(27)25-15-7-9-24-20(13-6-5-8-23-12-13)19(15)14-10-18(28-4)17(26)11-16(14)25/h5-12,26H,1-4H3. The molecule has 7 heteroatoms. The van der Waals surface area contributed by atoms with Crippen molar-refractivity contribution in [3.63, 3.8) is 0 Å². The van der Waals surface area contributed by atoms with Crippen LogP contribution in [0, 0.1) is 0 Å². The van der Waals surface area contributed by atoms with Gasteiger partial charge in [0.25, 0.3) is 0 Å². The van der Waals surface area contributed by atoms with E-state index in [9.17, 15) is 9.90 Å². The summed E-state index contributed by atoms with van der Waals surface area (Å²) in [5, 5.41) is 11.8. The van der Waals surface area contributed by atoms with Crippen LogP contribution in [0.25, 0.3) is 33.1 Å². The summed E-state index contributed by atoms with van der Waals surface area (Å²) in [5.41, 5.74) is 1.94. The van der Waals surface area contributed by atoms with Gasteiger partial charge in [-0.25, -0.2) is 9.36 Å². The topological polar surface area (TPSA) is 86.5 Å². The van der Waals surface area contributed by atoms with Crippen LogP contribution < -0.4 is 4.74 Å². The fourth-order valence-electron chi connectivity index (χ4n) is 3.37. The van der Waals surface area contributed by atoms with E-state index in [1.54, 1.807) is 30.7 Å². The number of nitrogens with zero attached hydrogens (tertiary/aromatic N) is 3. The summed E-state index contributed by atoms with van der Waals surface area (Å²) < 4.78 is 12.4. The lowest BCUT2D eigenvalue weighted by molar-refractivity contribution is 0.0551. The Bertz CT molecular complexity index is 1220. The summed E-state index contributed by atoms with van der Waals surface area (Å²) in [6.45, 7) is 5.42. The Morgan fingerprint density at radius 2 is 1.93 bits per heavy atom. The number of hydrogen-bond acceptors (Lipinski definition) is 6. The van der Waals surface area contributed by atoms with Crippen LogP contribution >= 0.6 is 0 Å². The fraction of sp³-hybridized carbons (Fsp3) is 0.227. The molecule has 0 spiro atoms. The SMILES string of the molecule is COc1cc2c3c(-c4cccnc4)nccc3n(C(=O)OC(C)(C)C)c2cc1O. The highest BCUT2D eigenvalue weighted by atomic mass is 16.6. The zero-order valence-electron chi connectivity index (χ0n) is 16.6. The van der Waals surface area contributed by atoms with Crippen molar-refractivity contribution in [2.24, 2.45) is 0 Å². The van der Waals surface area contributed by atoms with E-state index in [1.807, 2.05) is 32.9 Å². The average molecular weight is 391 g/mol. The first-order chi connectivity index (χ1) is 13.8. The number of pyridine rings is 2. The Balaban J connectivity index is 2.12. The normalized spacial score (nSPS) is 11.7. The van der Waals surface area contributed by atoms with E-state index in [2.05, 4.69) is 9.97 Å². The molecule has 148 valence electrons. The summed E-state index contributed by atoms with van der Waals surface area (Å²) in [6, 6.07) is 8.70. The molecule has 4 aromatic rings. The van der Waals surface area contributed by atoms with Crippen molar-refractivity contribution in [3.8, 4) is 22.8 Å². The lowest BCUT2D eigenvalue weighted by Gasteiger charge is -2.20. The number of rotatable bonds is 2. The van der Waals surface area contributed by atoms with Crippen LogP contribution in [0.1, 0.15) is 20.8 Å². The van der Waals surface area contributed by atoms with Crippen LogP contribution in [0.5, 0.6) is 11.5 Å². The van der Waals surface area contributed by atoms with Crippen molar-refractivity contribution in [1.82, 2.24) is 14.5 Å². The Kier molecular flexibility index (Phi) is 4.38. The highest BCUT2D eigenvalue weighted by molar-refractivity contribution is 6.17. The molecule has 1 aromatic carbocycles. The molecule has 0 aliphatic rings. The number of benzene rings is 1. The molecule has 0 atom stereocenters. The molecule has 0 saturated carbocycles. The smallest absolute Gasteiger partial charge is 0.419 e. The third-order valence-electron chi connectivity index (χ3n) is 4.49. The molecule has 0 radical (unpaired) electrons. The molecule has 0 amide bonds. The minimum absolute atomic E-state index is 0.0662. The molecule has 4 rings (SSSR count). The number of carbonyl (C=O) groups excluding carboxylic acids is 1. The molecule has 3 heterocycles. The molecule has 3 aromatic heterocycles. The number of aromatic hydroxyl groups is 1. The average Bonchev–Trinajstić information content (AvgIpc) is 2.99. The van der Waals surface area contributed by atoms with Gasteiger partial charge in [-0.05, 0) is 45.0 Å². The van der Waals surface area contributed by atoms with E-state index >= 15 is 0 Å². The highest BCUT2D eigenvalue weighted by Gasteiger charge is 2.25. The van der Waals surface area contributed by atoms with Gasteiger partial charge in [-0.2, -0.15) is 0 Å². The first-order valence-corrected chi connectivity index (χ1v) is 9.14. The quantitative estimate of drug-likeness (QED) is 0.531. The van der Waals surface area contributed by atoms with E-state index in [0.717, 1.165) is 10.9 Å². The highest BCUT2D eigenvalue weighted by Crippen LogP contribution is 2.40. The number of aromatic nitrogens is 3. The van der Waals surface area contributed by atoms with Gasteiger partial charge in [0.1, 0.15) is 5.60 Å². The van der Waals surface area contributed by atoms with Crippen LogP contribution in [0.4, 0.5) is 4.79 Å². The summed E-state index contributed by atoms with van der Waals surface area (Å²) in [4.78, 5) is 21.8. The zero-order valence-corrected chi connectivity index (χ0v) is 16.6. The zero-order chi connectivity index (χ0) is 20.8. The van der Waals surface area contributed by atoms with Crippen molar-refractivity contribution < 1.29 is 19.4 Å². The van der Waals surface area contributed by atoms with Gasteiger partial charge < -0.3 is 14.6 Å². The third-order valence-corrected chi connectivity index (χ3v) is 4.49. The second-order valence-electron chi connectivity index (χ2n) is 7.65. The van der Waals surface area contributed by atoms with Gasteiger partial charge in [-0.15, -0.1) is 0 Å². The summed E-state index contributed by atoms with van der Waals surface area (Å²) in [7, 11) is 1.48. The summed E-state index contributed by atoms with van der Waals surface area (Å²) in [6.07, 6.45) is 4.51. The first kappa shape index (κ1) is 18.7. The minimum atomic E-state index is -0.673. The van der Waals surface area contributed by atoms with Crippen LogP contribution in [-0.2, 0) is 4.74 Å². The molecule has 0 bridgehead atoms. The molecular weight excluding hydrogens is 370 g/mol. The molecule has 0 saturated heterocycles. The molecule has 0 fully saturated rings. The lowest BCUT2D eigenvalue weighted by atomic mass is 10.1. The molecule has 0 unspecified atom stereocenters. The monoisotopic (exact) mass is 391 g/mol. The Labute approximate surface area is 167 Å². The van der Waals surface area contributed by atoms with Crippen molar-refractivity contribution in [3.05, 3.63) is 48.9 Å². The van der Waals surface area contributed by atoms with Gasteiger partial charge >= 0.3 is 6.09 Å². The molecule has 7 nitrogen and oxygen atoms in total. The number of ether oxygens (including phenoxy) is 2. The Morgan fingerprint density at radius 3 is 2.59 bits per heavy atom. The van der Waals surface area contributed by atoms with Crippen LogP contribution in [-0.4, -0.2) is 38.4 Å². The lowest BCUT2D eigenvalue weighted by Crippen LogP contribution is -2.27. The first-order valence-electron chi connectivity index (χ1n) is 9.14. The largest absolute Gasteiger partial charge is 0.504 e. The van der Waals surface area contributed by atoms with Crippen molar-refractivity contribution >= 4 is 27.9 Å². The van der Waals surface area contributed by atoms with Gasteiger partial charge in [0, 0.05) is 41.0 Å². The van der Waals surface area contributed by atoms with Crippen LogP contribution in [0.2, 0.25) is 0 Å². The summed E-state index contributed by atoms with van der Waals surface area (Å²) in [5.74, 6) is 0.241. The van der Waals surface area contributed by atoms with E-state index in [-0.39, 0.29) is 5.75 Å². The number of carbonyl (C=O) groups is 1. The van der Waals surface area contributed by atoms with Gasteiger partial charge in [-0.3, -0.25) is 9.97 Å². The van der Waals surface area contributed by atoms with Gasteiger partial charge in [0.15, 0.2) is 11.5 Å². The third kappa shape index (κ3) is 3.24. The van der Waals surface area contributed by atoms with Crippen molar-refractivity contribution in [2.75, 3.05) is 7.11 Å². The number of phenols is 1. The van der Waals surface area contributed by atoms with E-state index < -0.39 is 11.7 Å². The maximum atomic E-state index is 13.1. The minimum Gasteiger partial charge on any atom is -0.504 e. The van der Waals surface area contributed by atoms with Crippen LogP contribution in [0.15, 0.2) is 48.9 Å². The summed E-state index contributed by atoms with van der Waals surface area (Å²) >= 11 is 0. The molecule has 0 aliphatic heterocycles. The number of hydrogen-bond donors (Lipinski definition) is 1. The van der Waals surface area contributed by atoms with Gasteiger partial charge in [0.05, 0.1) is 23.8 Å². The predicted octanol–water partition coefficient (Wildman–Crippen LogP) is 4.75. The second kappa shape index (κ2) is 6.77. The molecule has 0 aliphatic carbocycles. The molecule has 29 heavy (non-hydrogen) atoms. The van der Waals surface area contributed by atoms with E-state index in [4.69, 9.17) is 9.47 Å². The van der Waals surface area contributed by atoms with Crippen LogP contribution in [0.3, 0.4) is 0 Å². The van der Waals surface area contributed by atoms with E-state index in [1.165, 1.54) is 17.7 Å². The predicted molar refractivity (Wildman–Crippen MR) is 110 cm³/mol. The van der Waals surface area contributed by atoms with Crippen molar-refractivity contribution in [2.45, 2.75) is 26.4 Å². The number of fused-ring (bicyclic) bond motifs is 3. The number of methoxy groups -OCH3 is 1.